The van der Waals surface area contributed by atoms with Gasteiger partial charge in [-0.05, 0) is 47.6 Å². The molecule has 2 amide bonds. The summed E-state index contributed by atoms with van der Waals surface area (Å²) in [6, 6.07) is 1.96. The van der Waals surface area contributed by atoms with E-state index in [4.69, 9.17) is 0 Å². The molecule has 1 saturated heterocycles. The highest BCUT2D eigenvalue weighted by atomic mass is 16.2. The molecule has 0 unspecified atom stereocenters. The number of nitrogens with one attached hydrogen (secondary N) is 1. The van der Waals surface area contributed by atoms with E-state index in [1.54, 1.807) is 32.6 Å². The largest absolute Gasteiger partial charge is 0.340 e. The van der Waals surface area contributed by atoms with Gasteiger partial charge < -0.3 is 10.2 Å². The molecule has 2 heterocycles. The topological polar surface area (TPSA) is 67.2 Å². The second-order valence-corrected chi connectivity index (χ2v) is 6.62. The van der Waals surface area contributed by atoms with Gasteiger partial charge in [0.05, 0.1) is 17.9 Å². The molecule has 116 valence electrons. The van der Waals surface area contributed by atoms with Crippen molar-refractivity contribution >= 4 is 11.8 Å². The molecule has 1 aliphatic heterocycles. The number of rotatable bonds is 3. The van der Waals surface area contributed by atoms with Gasteiger partial charge in [-0.2, -0.15) is 5.10 Å². The summed E-state index contributed by atoms with van der Waals surface area (Å²) in [6.45, 7) is 12.1. The van der Waals surface area contributed by atoms with Gasteiger partial charge in [-0.1, -0.05) is 0 Å². The third-order valence-corrected chi connectivity index (χ3v) is 4.04. The molecule has 1 aliphatic rings. The standard InChI is InChI=1S/C15H24N4O2/c1-7-19-11(8-10(2)17-19)9-18-13(21)14(3,4)16-12(20)15(18,5)6/h8H,7,9H2,1-6H3,(H,16,20). The summed E-state index contributed by atoms with van der Waals surface area (Å²) in [5.74, 6) is -0.208. The normalized spacial score (nSPS) is 20.6. The minimum Gasteiger partial charge on any atom is -0.340 e. The fourth-order valence-corrected chi connectivity index (χ4v) is 2.64. The maximum absolute atomic E-state index is 12.7. The molecule has 0 atom stereocenters. The van der Waals surface area contributed by atoms with Crippen LogP contribution in [0.4, 0.5) is 0 Å². The molecule has 6 nitrogen and oxygen atoms in total. The van der Waals surface area contributed by atoms with Crippen LogP contribution in [0.5, 0.6) is 0 Å². The summed E-state index contributed by atoms with van der Waals surface area (Å²) in [5, 5.41) is 7.19. The van der Waals surface area contributed by atoms with Gasteiger partial charge in [0, 0.05) is 6.54 Å². The van der Waals surface area contributed by atoms with Crippen LogP contribution < -0.4 is 5.32 Å². The highest BCUT2D eigenvalue weighted by molar-refractivity contribution is 6.01. The van der Waals surface area contributed by atoms with Crippen molar-refractivity contribution in [2.75, 3.05) is 0 Å². The molecule has 1 aromatic heterocycles. The number of nitrogens with zero attached hydrogens (tertiary/aromatic N) is 3. The van der Waals surface area contributed by atoms with E-state index < -0.39 is 11.1 Å². The van der Waals surface area contributed by atoms with Crippen molar-refractivity contribution in [1.82, 2.24) is 20.0 Å². The number of aromatic nitrogens is 2. The molecular formula is C15H24N4O2. The average Bonchev–Trinajstić information content (AvgIpc) is 2.73. The van der Waals surface area contributed by atoms with Crippen LogP contribution in [0.15, 0.2) is 6.07 Å². The van der Waals surface area contributed by atoms with Crippen molar-refractivity contribution in [3.8, 4) is 0 Å². The Morgan fingerprint density at radius 3 is 2.43 bits per heavy atom. The smallest absolute Gasteiger partial charge is 0.248 e. The van der Waals surface area contributed by atoms with Crippen molar-refractivity contribution in [1.29, 1.82) is 0 Å². The monoisotopic (exact) mass is 292 g/mol. The molecule has 0 aromatic carbocycles. The molecule has 0 spiro atoms. The summed E-state index contributed by atoms with van der Waals surface area (Å²) < 4.78 is 1.87. The van der Waals surface area contributed by atoms with Crippen molar-refractivity contribution < 1.29 is 9.59 Å². The quantitative estimate of drug-likeness (QED) is 0.911. The second kappa shape index (κ2) is 4.86. The number of carbonyl (C=O) groups excluding carboxylic acids is 2. The van der Waals surface area contributed by atoms with Crippen LogP contribution in [0.2, 0.25) is 0 Å². The van der Waals surface area contributed by atoms with Gasteiger partial charge in [-0.15, -0.1) is 0 Å². The molecule has 0 saturated carbocycles. The SMILES string of the molecule is CCn1nc(C)cc1CN1C(=O)C(C)(C)NC(=O)C1(C)C. The van der Waals surface area contributed by atoms with E-state index in [1.165, 1.54) is 0 Å². The van der Waals surface area contributed by atoms with Gasteiger partial charge in [0.15, 0.2) is 0 Å². The zero-order valence-corrected chi connectivity index (χ0v) is 13.6. The predicted octanol–water partition coefficient (Wildman–Crippen LogP) is 1.23. The highest BCUT2D eigenvalue weighted by Gasteiger charge is 2.50. The fraction of sp³-hybridized carbons (Fsp3) is 0.667. The lowest BCUT2D eigenvalue weighted by atomic mass is 9.89. The number of hydrogen-bond donors (Lipinski definition) is 1. The van der Waals surface area contributed by atoms with E-state index in [2.05, 4.69) is 10.4 Å². The van der Waals surface area contributed by atoms with E-state index in [1.807, 2.05) is 24.6 Å². The van der Waals surface area contributed by atoms with Crippen LogP contribution >= 0.6 is 0 Å². The number of hydrogen-bond acceptors (Lipinski definition) is 3. The Labute approximate surface area is 125 Å². The van der Waals surface area contributed by atoms with E-state index in [9.17, 15) is 9.59 Å². The van der Waals surface area contributed by atoms with E-state index in [0.717, 1.165) is 17.9 Å². The maximum Gasteiger partial charge on any atom is 0.248 e. The molecule has 1 fully saturated rings. The second-order valence-electron chi connectivity index (χ2n) is 6.62. The Bertz CT molecular complexity index is 586. The lowest BCUT2D eigenvalue weighted by molar-refractivity contribution is -0.160. The Kier molecular flexibility index (Phi) is 3.59. The molecule has 0 bridgehead atoms. The molecule has 21 heavy (non-hydrogen) atoms. The van der Waals surface area contributed by atoms with Crippen molar-refractivity contribution in [2.24, 2.45) is 0 Å². The van der Waals surface area contributed by atoms with E-state index >= 15 is 0 Å². The summed E-state index contributed by atoms with van der Waals surface area (Å²) in [4.78, 5) is 26.7. The zero-order chi connectivity index (χ0) is 16.0. The summed E-state index contributed by atoms with van der Waals surface area (Å²) >= 11 is 0. The van der Waals surface area contributed by atoms with Gasteiger partial charge in [0.25, 0.3) is 0 Å². The average molecular weight is 292 g/mol. The number of aryl methyl sites for hydroxylation is 2. The van der Waals surface area contributed by atoms with Crippen LogP contribution in [0.25, 0.3) is 0 Å². The Morgan fingerprint density at radius 1 is 1.24 bits per heavy atom. The third-order valence-electron chi connectivity index (χ3n) is 4.04. The first-order valence-corrected chi connectivity index (χ1v) is 7.27. The summed E-state index contributed by atoms with van der Waals surface area (Å²) in [6.07, 6.45) is 0. The van der Waals surface area contributed by atoms with Crippen LogP contribution in [-0.2, 0) is 22.7 Å². The zero-order valence-electron chi connectivity index (χ0n) is 13.6. The van der Waals surface area contributed by atoms with Crippen LogP contribution in [0.1, 0.15) is 46.0 Å². The van der Waals surface area contributed by atoms with Gasteiger partial charge in [0.2, 0.25) is 11.8 Å². The predicted molar refractivity (Wildman–Crippen MR) is 79.5 cm³/mol. The minimum atomic E-state index is -0.876. The Balaban J connectivity index is 2.39. The van der Waals surface area contributed by atoms with Crippen molar-refractivity contribution in [2.45, 2.75) is 65.7 Å². The van der Waals surface area contributed by atoms with Gasteiger partial charge in [-0.25, -0.2) is 0 Å². The molecule has 2 rings (SSSR count). The van der Waals surface area contributed by atoms with Crippen LogP contribution in [0.3, 0.4) is 0 Å². The summed E-state index contributed by atoms with van der Waals surface area (Å²) in [5.41, 5.74) is 0.113. The number of carbonyl (C=O) groups is 2. The lowest BCUT2D eigenvalue weighted by Crippen LogP contribution is -2.71. The third kappa shape index (κ3) is 2.54. The van der Waals surface area contributed by atoms with Gasteiger partial charge in [-0.3, -0.25) is 14.3 Å². The maximum atomic E-state index is 12.7. The number of piperazine rings is 1. The van der Waals surface area contributed by atoms with Gasteiger partial charge in [0.1, 0.15) is 11.1 Å². The molecule has 0 aliphatic carbocycles. The van der Waals surface area contributed by atoms with Gasteiger partial charge >= 0.3 is 0 Å². The number of amides is 2. The molecule has 1 aromatic rings. The molecule has 1 N–H and O–H groups in total. The van der Waals surface area contributed by atoms with Crippen LogP contribution in [0, 0.1) is 6.92 Å². The Morgan fingerprint density at radius 2 is 1.86 bits per heavy atom. The van der Waals surface area contributed by atoms with E-state index in [-0.39, 0.29) is 11.8 Å². The summed E-state index contributed by atoms with van der Waals surface area (Å²) in [7, 11) is 0. The Hall–Kier alpha value is -1.85. The van der Waals surface area contributed by atoms with Crippen molar-refractivity contribution in [3.05, 3.63) is 17.5 Å². The minimum absolute atomic E-state index is 0.0754. The lowest BCUT2D eigenvalue weighted by Gasteiger charge is -2.47. The highest BCUT2D eigenvalue weighted by Crippen LogP contribution is 2.27. The van der Waals surface area contributed by atoms with Crippen LogP contribution in [-0.4, -0.2) is 37.6 Å². The fourth-order valence-electron chi connectivity index (χ4n) is 2.64. The molecular weight excluding hydrogens is 268 g/mol. The molecule has 0 radical (unpaired) electrons. The first kappa shape index (κ1) is 15.5. The first-order chi connectivity index (χ1) is 9.59. The molecule has 6 heteroatoms. The van der Waals surface area contributed by atoms with E-state index in [0.29, 0.717) is 6.54 Å². The first-order valence-electron chi connectivity index (χ1n) is 7.27. The van der Waals surface area contributed by atoms with Crippen molar-refractivity contribution in [3.63, 3.8) is 0 Å².